The molecule has 0 aromatic heterocycles. The van der Waals surface area contributed by atoms with Gasteiger partial charge in [0, 0.05) is 13.1 Å². The summed E-state index contributed by atoms with van der Waals surface area (Å²) in [5, 5.41) is 2.94. The Morgan fingerprint density at radius 2 is 1.56 bits per heavy atom. The van der Waals surface area contributed by atoms with E-state index in [1.807, 2.05) is 58.0 Å². The van der Waals surface area contributed by atoms with E-state index in [-0.39, 0.29) is 17.3 Å². The molecule has 0 unspecified atom stereocenters. The third-order valence-electron chi connectivity index (χ3n) is 6.91. The van der Waals surface area contributed by atoms with Gasteiger partial charge in [0.15, 0.2) is 0 Å². The lowest BCUT2D eigenvalue weighted by atomic mass is 10.1. The number of anilines is 1. The van der Waals surface area contributed by atoms with E-state index in [1.165, 1.54) is 4.90 Å². The molecule has 8 nitrogen and oxygen atoms in total. The third-order valence-corrected chi connectivity index (χ3v) is 8.70. The van der Waals surface area contributed by atoms with Crippen molar-refractivity contribution in [2.45, 2.75) is 64.4 Å². The summed E-state index contributed by atoms with van der Waals surface area (Å²) >= 11 is 0. The topological polar surface area (TPSA) is 96.0 Å². The highest BCUT2D eigenvalue weighted by Crippen LogP contribution is 2.26. The van der Waals surface area contributed by atoms with Crippen molar-refractivity contribution in [3.8, 4) is 5.75 Å². The summed E-state index contributed by atoms with van der Waals surface area (Å²) in [5.41, 5.74) is 3.01. The highest BCUT2D eigenvalue weighted by Gasteiger charge is 2.33. The molecule has 0 fully saturated rings. The number of amides is 2. The molecule has 3 rings (SSSR count). The molecule has 2 amide bonds. The van der Waals surface area contributed by atoms with Crippen LogP contribution in [0.1, 0.15) is 49.8 Å². The third kappa shape index (κ3) is 8.33. The summed E-state index contributed by atoms with van der Waals surface area (Å²) < 4.78 is 34.4. The van der Waals surface area contributed by atoms with E-state index in [4.69, 9.17) is 4.74 Å². The van der Waals surface area contributed by atoms with Crippen LogP contribution in [0.15, 0.2) is 77.7 Å². The molecule has 0 aliphatic heterocycles. The fraction of sp³-hybridized carbons (Fsp3) is 0.375. The SMILES string of the molecule is CCCCNC(=O)[C@H](CC)N(Cc1cccc(OC)c1)C(=O)CN(c1ccc(C)cc1)S(=O)(=O)c1ccc(C)cc1. The number of nitrogens with one attached hydrogen (secondary N) is 1. The molecule has 3 aromatic rings. The zero-order valence-corrected chi connectivity index (χ0v) is 25.4. The summed E-state index contributed by atoms with van der Waals surface area (Å²) in [5.74, 6) is -0.124. The fourth-order valence-electron chi connectivity index (χ4n) is 4.47. The van der Waals surface area contributed by atoms with E-state index in [2.05, 4.69) is 5.32 Å². The maximum Gasteiger partial charge on any atom is 0.264 e. The van der Waals surface area contributed by atoms with Crippen LogP contribution < -0.4 is 14.4 Å². The van der Waals surface area contributed by atoms with Gasteiger partial charge in [-0.1, -0.05) is 67.8 Å². The minimum atomic E-state index is -4.10. The maximum absolute atomic E-state index is 14.1. The summed E-state index contributed by atoms with van der Waals surface area (Å²) in [4.78, 5) is 29.0. The van der Waals surface area contributed by atoms with Gasteiger partial charge in [-0.15, -0.1) is 0 Å². The van der Waals surface area contributed by atoms with Crippen LogP contribution in [-0.2, 0) is 26.2 Å². The van der Waals surface area contributed by atoms with Crippen LogP contribution in [0.2, 0.25) is 0 Å². The number of nitrogens with zero attached hydrogens (tertiary/aromatic N) is 2. The molecule has 220 valence electrons. The van der Waals surface area contributed by atoms with Crippen molar-refractivity contribution in [1.29, 1.82) is 0 Å². The smallest absolute Gasteiger partial charge is 0.264 e. The van der Waals surface area contributed by atoms with E-state index < -0.39 is 28.5 Å². The van der Waals surface area contributed by atoms with E-state index in [1.54, 1.807) is 49.6 Å². The Bertz CT molecular complexity index is 1410. The van der Waals surface area contributed by atoms with Crippen molar-refractivity contribution in [3.05, 3.63) is 89.5 Å². The number of rotatable bonds is 14. The van der Waals surface area contributed by atoms with Crippen LogP contribution in [-0.4, -0.2) is 51.4 Å². The molecule has 1 N–H and O–H groups in total. The average molecular weight is 580 g/mol. The summed E-state index contributed by atoms with van der Waals surface area (Å²) in [6, 6.07) is 20.0. The lowest BCUT2D eigenvalue weighted by Gasteiger charge is -2.33. The summed E-state index contributed by atoms with van der Waals surface area (Å²) in [7, 11) is -2.54. The molecule has 0 aliphatic carbocycles. The second-order valence-electron chi connectivity index (χ2n) is 10.1. The van der Waals surface area contributed by atoms with Crippen LogP contribution in [0, 0.1) is 13.8 Å². The first kappa shape index (κ1) is 31.7. The molecule has 1 atom stereocenters. The normalized spacial score (nSPS) is 11.9. The molecule has 41 heavy (non-hydrogen) atoms. The van der Waals surface area contributed by atoms with Crippen LogP contribution in [0.5, 0.6) is 5.75 Å². The van der Waals surface area contributed by atoms with Crippen LogP contribution in [0.3, 0.4) is 0 Å². The molecule has 0 saturated carbocycles. The minimum Gasteiger partial charge on any atom is -0.497 e. The number of methoxy groups -OCH3 is 1. The van der Waals surface area contributed by atoms with Crippen molar-refractivity contribution in [1.82, 2.24) is 10.2 Å². The van der Waals surface area contributed by atoms with Gasteiger partial charge in [-0.25, -0.2) is 8.42 Å². The molecular formula is C32H41N3O5S. The first-order valence-corrected chi connectivity index (χ1v) is 15.4. The Balaban J connectivity index is 2.04. The van der Waals surface area contributed by atoms with Gasteiger partial charge in [0.1, 0.15) is 18.3 Å². The van der Waals surface area contributed by atoms with Gasteiger partial charge in [-0.3, -0.25) is 13.9 Å². The summed E-state index contributed by atoms with van der Waals surface area (Å²) in [6.45, 7) is 7.82. The number of aryl methyl sites for hydroxylation is 2. The van der Waals surface area contributed by atoms with E-state index in [0.717, 1.165) is 33.8 Å². The number of sulfonamides is 1. The maximum atomic E-state index is 14.1. The van der Waals surface area contributed by atoms with E-state index >= 15 is 0 Å². The molecule has 9 heteroatoms. The number of carbonyl (C=O) groups excluding carboxylic acids is 2. The van der Waals surface area contributed by atoms with E-state index in [0.29, 0.717) is 24.4 Å². The van der Waals surface area contributed by atoms with Gasteiger partial charge in [-0.2, -0.15) is 0 Å². The molecule has 0 spiro atoms. The number of hydrogen-bond donors (Lipinski definition) is 1. The van der Waals surface area contributed by atoms with Gasteiger partial charge >= 0.3 is 0 Å². The van der Waals surface area contributed by atoms with Gasteiger partial charge in [-0.05, 0) is 68.7 Å². The van der Waals surface area contributed by atoms with Gasteiger partial charge in [0.25, 0.3) is 10.0 Å². The molecule has 0 aliphatic rings. The number of ether oxygens (including phenoxy) is 1. The highest BCUT2D eigenvalue weighted by atomic mass is 32.2. The lowest BCUT2D eigenvalue weighted by Crippen LogP contribution is -2.52. The molecule has 3 aromatic carbocycles. The highest BCUT2D eigenvalue weighted by molar-refractivity contribution is 7.92. The predicted molar refractivity (Wildman–Crippen MR) is 162 cm³/mol. The predicted octanol–water partition coefficient (Wildman–Crippen LogP) is 5.23. The zero-order chi connectivity index (χ0) is 30.0. The Morgan fingerprint density at radius 1 is 0.927 bits per heavy atom. The van der Waals surface area contributed by atoms with Crippen molar-refractivity contribution in [2.24, 2.45) is 0 Å². The van der Waals surface area contributed by atoms with Gasteiger partial charge in [0.05, 0.1) is 17.7 Å². The van der Waals surface area contributed by atoms with Crippen molar-refractivity contribution >= 4 is 27.5 Å². The van der Waals surface area contributed by atoms with Crippen molar-refractivity contribution in [2.75, 3.05) is 24.5 Å². The van der Waals surface area contributed by atoms with Crippen LogP contribution >= 0.6 is 0 Å². The Morgan fingerprint density at radius 3 is 2.15 bits per heavy atom. The van der Waals surface area contributed by atoms with Gasteiger partial charge < -0.3 is 15.0 Å². The number of unbranched alkanes of at least 4 members (excludes halogenated alkanes) is 1. The quantitative estimate of drug-likeness (QED) is 0.264. The first-order valence-electron chi connectivity index (χ1n) is 14.0. The van der Waals surface area contributed by atoms with Gasteiger partial charge in [0.2, 0.25) is 11.8 Å². The van der Waals surface area contributed by atoms with Crippen LogP contribution in [0.25, 0.3) is 0 Å². The standard InChI is InChI=1S/C32H41N3O5S/c1-6-8-20-33-32(37)30(7-2)34(22-26-10-9-11-28(21-26)40-5)31(36)23-35(27-16-12-24(3)13-17-27)41(38,39)29-18-14-25(4)15-19-29/h9-19,21,30H,6-8,20,22-23H2,1-5H3,(H,33,37)/t30-/m0/s1. The second kappa shape index (κ2) is 14.7. The monoisotopic (exact) mass is 579 g/mol. The second-order valence-corrected chi connectivity index (χ2v) is 12.0. The molecular weight excluding hydrogens is 538 g/mol. The Labute approximate surface area is 244 Å². The van der Waals surface area contributed by atoms with Crippen LogP contribution in [0.4, 0.5) is 5.69 Å². The Hall–Kier alpha value is -3.85. The Kier molecular flexibility index (Phi) is 11.3. The fourth-order valence-corrected chi connectivity index (χ4v) is 5.88. The number of hydrogen-bond acceptors (Lipinski definition) is 5. The first-order chi connectivity index (χ1) is 19.6. The number of carbonyl (C=O) groups is 2. The summed E-state index contributed by atoms with van der Waals surface area (Å²) in [6.07, 6.45) is 2.11. The molecule has 0 bridgehead atoms. The minimum absolute atomic E-state index is 0.0835. The van der Waals surface area contributed by atoms with Crippen molar-refractivity contribution < 1.29 is 22.7 Å². The van der Waals surface area contributed by atoms with Crippen molar-refractivity contribution in [3.63, 3.8) is 0 Å². The average Bonchev–Trinajstić information content (AvgIpc) is 2.96. The molecule has 0 radical (unpaired) electrons. The molecule has 0 saturated heterocycles. The van der Waals surface area contributed by atoms with E-state index in [9.17, 15) is 18.0 Å². The largest absolute Gasteiger partial charge is 0.497 e. The molecule has 0 heterocycles. The number of benzene rings is 3. The lowest BCUT2D eigenvalue weighted by molar-refractivity contribution is -0.140. The zero-order valence-electron chi connectivity index (χ0n) is 24.6.